The van der Waals surface area contributed by atoms with Gasteiger partial charge in [0.2, 0.25) is 0 Å². The van der Waals surface area contributed by atoms with Gasteiger partial charge in [0.1, 0.15) is 18.2 Å². The Bertz CT molecular complexity index is 1000. The van der Waals surface area contributed by atoms with E-state index < -0.39 is 0 Å². The van der Waals surface area contributed by atoms with Gasteiger partial charge in [-0.05, 0) is 48.0 Å². The molecule has 0 saturated carbocycles. The summed E-state index contributed by atoms with van der Waals surface area (Å²) >= 11 is 0. The van der Waals surface area contributed by atoms with Crippen LogP contribution in [-0.2, 0) is 6.61 Å². The Balaban J connectivity index is 1.42. The highest BCUT2D eigenvalue weighted by Gasteiger charge is 2.13. The van der Waals surface area contributed by atoms with Gasteiger partial charge in [-0.3, -0.25) is 4.79 Å². The summed E-state index contributed by atoms with van der Waals surface area (Å²) in [5.41, 5.74) is 1.93. The van der Waals surface area contributed by atoms with Crippen molar-refractivity contribution in [3.63, 3.8) is 0 Å². The molecule has 3 aromatic carbocycles. The number of hydrogen-bond acceptors (Lipinski definition) is 4. The van der Waals surface area contributed by atoms with E-state index in [-0.39, 0.29) is 18.3 Å². The Morgan fingerprint density at radius 2 is 1.76 bits per heavy atom. The van der Waals surface area contributed by atoms with E-state index in [2.05, 4.69) is 5.32 Å². The second-order valence-electron chi connectivity index (χ2n) is 6.61. The van der Waals surface area contributed by atoms with Crippen molar-refractivity contribution in [1.29, 1.82) is 0 Å². The van der Waals surface area contributed by atoms with Gasteiger partial charge in [0.25, 0.3) is 5.91 Å². The molecule has 6 heteroatoms. The minimum absolute atomic E-state index is 0.258. The number of rotatable bonds is 5. The lowest BCUT2D eigenvalue weighted by Gasteiger charge is -2.11. The number of benzene rings is 3. The third-order valence-electron chi connectivity index (χ3n) is 4.42. The molecule has 5 nitrogen and oxygen atoms in total. The Hall–Kier alpha value is -3.54. The fourth-order valence-corrected chi connectivity index (χ4v) is 2.92. The molecule has 4 rings (SSSR count). The molecule has 0 aliphatic carbocycles. The zero-order valence-electron chi connectivity index (χ0n) is 15.7. The number of fused-ring (bicyclic) bond motifs is 1. The number of ether oxygens (including phenoxy) is 3. The van der Waals surface area contributed by atoms with Gasteiger partial charge in [0, 0.05) is 23.7 Å². The predicted octanol–water partition coefficient (Wildman–Crippen LogP) is 4.82. The first-order chi connectivity index (χ1) is 14.2. The molecule has 148 valence electrons. The van der Waals surface area contributed by atoms with Crippen LogP contribution in [0.15, 0.2) is 66.7 Å². The number of carbonyl (C=O) groups excluding carboxylic acids is 1. The maximum atomic E-state index is 13.0. The highest BCUT2D eigenvalue weighted by molar-refractivity contribution is 6.04. The van der Waals surface area contributed by atoms with E-state index in [1.54, 1.807) is 54.6 Å². The van der Waals surface area contributed by atoms with Gasteiger partial charge in [0.05, 0.1) is 13.2 Å². The predicted molar refractivity (Wildman–Crippen MR) is 107 cm³/mol. The first-order valence-corrected chi connectivity index (χ1v) is 9.36. The molecule has 0 fully saturated rings. The zero-order chi connectivity index (χ0) is 20.1. The molecule has 0 atom stereocenters. The highest BCUT2D eigenvalue weighted by Crippen LogP contribution is 2.32. The number of amides is 1. The van der Waals surface area contributed by atoms with Crippen LogP contribution < -0.4 is 19.5 Å². The summed E-state index contributed by atoms with van der Waals surface area (Å²) in [7, 11) is 0. The number of nitrogens with one attached hydrogen (secondary N) is 1. The van der Waals surface area contributed by atoms with E-state index in [0.29, 0.717) is 41.7 Å². The van der Waals surface area contributed by atoms with Crippen LogP contribution in [0.5, 0.6) is 17.2 Å². The van der Waals surface area contributed by atoms with Crippen molar-refractivity contribution < 1.29 is 23.4 Å². The van der Waals surface area contributed by atoms with Gasteiger partial charge in [0.15, 0.2) is 11.5 Å². The summed E-state index contributed by atoms with van der Waals surface area (Å²) in [4.78, 5) is 12.6. The Kier molecular flexibility index (Phi) is 5.61. The molecule has 0 unspecified atom stereocenters. The fourth-order valence-electron chi connectivity index (χ4n) is 2.92. The third kappa shape index (κ3) is 4.85. The van der Waals surface area contributed by atoms with Gasteiger partial charge in [-0.25, -0.2) is 4.39 Å². The van der Waals surface area contributed by atoms with Crippen LogP contribution in [0.25, 0.3) is 0 Å². The van der Waals surface area contributed by atoms with E-state index in [9.17, 15) is 9.18 Å². The molecular formula is C23H20FNO4. The maximum Gasteiger partial charge on any atom is 0.255 e. The molecule has 0 bridgehead atoms. The minimum atomic E-state index is -0.290. The molecule has 0 saturated heterocycles. The molecule has 1 aliphatic heterocycles. The van der Waals surface area contributed by atoms with Crippen molar-refractivity contribution in [1.82, 2.24) is 0 Å². The first-order valence-electron chi connectivity index (χ1n) is 9.36. The van der Waals surface area contributed by atoms with E-state index in [1.165, 1.54) is 12.1 Å². The van der Waals surface area contributed by atoms with E-state index in [4.69, 9.17) is 14.2 Å². The molecule has 0 aromatic heterocycles. The lowest BCUT2D eigenvalue weighted by Crippen LogP contribution is -2.12. The molecule has 1 N–H and O–H groups in total. The average molecular weight is 393 g/mol. The van der Waals surface area contributed by atoms with Crippen molar-refractivity contribution in [2.75, 3.05) is 18.5 Å². The minimum Gasteiger partial charge on any atom is -0.490 e. The quantitative estimate of drug-likeness (QED) is 0.675. The third-order valence-corrected chi connectivity index (χ3v) is 4.42. The lowest BCUT2D eigenvalue weighted by atomic mass is 10.2. The Morgan fingerprint density at radius 1 is 0.966 bits per heavy atom. The summed E-state index contributed by atoms with van der Waals surface area (Å²) in [6.45, 7) is 1.48. The zero-order valence-corrected chi connectivity index (χ0v) is 15.7. The maximum absolute atomic E-state index is 13.0. The summed E-state index contributed by atoms with van der Waals surface area (Å²) < 4.78 is 30.0. The van der Waals surface area contributed by atoms with Crippen LogP contribution in [-0.4, -0.2) is 19.1 Å². The van der Waals surface area contributed by atoms with Crippen LogP contribution in [0.4, 0.5) is 10.1 Å². The number of hydrogen-bond donors (Lipinski definition) is 1. The van der Waals surface area contributed by atoms with Crippen LogP contribution in [0, 0.1) is 5.82 Å². The van der Waals surface area contributed by atoms with Crippen molar-refractivity contribution in [2.24, 2.45) is 0 Å². The molecule has 3 aromatic rings. The number of halogens is 1. The largest absolute Gasteiger partial charge is 0.490 e. The standard InChI is InChI=1S/C23H20FNO4/c24-18-7-5-16(6-8-18)15-29-20-4-1-3-17(13-20)23(26)25-19-9-10-21-22(14-19)28-12-2-11-27-21/h1,3-10,13-14H,2,11-12,15H2,(H,25,26). The Morgan fingerprint density at radius 3 is 2.59 bits per heavy atom. The average Bonchev–Trinajstić information content (AvgIpc) is 2.98. The second kappa shape index (κ2) is 8.65. The van der Waals surface area contributed by atoms with Gasteiger partial charge in [-0.1, -0.05) is 18.2 Å². The normalized spacial score (nSPS) is 12.7. The fraction of sp³-hybridized carbons (Fsp3) is 0.174. The summed E-state index contributed by atoms with van der Waals surface area (Å²) in [6.07, 6.45) is 0.821. The first kappa shape index (κ1) is 18.8. The second-order valence-corrected chi connectivity index (χ2v) is 6.61. The van der Waals surface area contributed by atoms with Crippen LogP contribution >= 0.6 is 0 Å². The molecular weight excluding hydrogens is 373 g/mol. The number of carbonyl (C=O) groups is 1. The lowest BCUT2D eigenvalue weighted by molar-refractivity contribution is 0.102. The van der Waals surface area contributed by atoms with Crippen LogP contribution in [0.1, 0.15) is 22.3 Å². The molecule has 1 amide bonds. The number of anilines is 1. The van der Waals surface area contributed by atoms with E-state index in [1.807, 2.05) is 0 Å². The Labute approximate surface area is 168 Å². The summed E-state index contributed by atoms with van der Waals surface area (Å²) in [5, 5.41) is 2.86. The van der Waals surface area contributed by atoms with Gasteiger partial charge < -0.3 is 19.5 Å². The van der Waals surface area contributed by atoms with Gasteiger partial charge >= 0.3 is 0 Å². The SMILES string of the molecule is O=C(Nc1ccc2c(c1)OCCCO2)c1cccc(OCc2ccc(F)cc2)c1. The molecule has 1 heterocycles. The summed E-state index contributed by atoms with van der Waals surface area (Å²) in [5.74, 6) is 1.31. The van der Waals surface area contributed by atoms with Crippen molar-refractivity contribution in [3.05, 3.63) is 83.7 Å². The monoisotopic (exact) mass is 393 g/mol. The topological polar surface area (TPSA) is 56.8 Å². The van der Waals surface area contributed by atoms with Crippen LogP contribution in [0.2, 0.25) is 0 Å². The van der Waals surface area contributed by atoms with Crippen LogP contribution in [0.3, 0.4) is 0 Å². The van der Waals surface area contributed by atoms with E-state index >= 15 is 0 Å². The van der Waals surface area contributed by atoms with E-state index in [0.717, 1.165) is 12.0 Å². The smallest absolute Gasteiger partial charge is 0.255 e. The molecule has 0 spiro atoms. The van der Waals surface area contributed by atoms with Crippen molar-refractivity contribution in [3.8, 4) is 17.2 Å². The van der Waals surface area contributed by atoms with Gasteiger partial charge in [-0.2, -0.15) is 0 Å². The molecule has 29 heavy (non-hydrogen) atoms. The summed E-state index contributed by atoms with van der Waals surface area (Å²) in [6, 6.07) is 18.3. The van der Waals surface area contributed by atoms with Crippen molar-refractivity contribution in [2.45, 2.75) is 13.0 Å². The van der Waals surface area contributed by atoms with Gasteiger partial charge in [-0.15, -0.1) is 0 Å². The molecule has 1 aliphatic rings. The van der Waals surface area contributed by atoms with Crippen molar-refractivity contribution >= 4 is 11.6 Å². The molecule has 0 radical (unpaired) electrons. The highest BCUT2D eigenvalue weighted by atomic mass is 19.1.